The van der Waals surface area contributed by atoms with E-state index in [4.69, 9.17) is 4.74 Å². The molecule has 102 valence electrons. The summed E-state index contributed by atoms with van der Waals surface area (Å²) in [5.41, 5.74) is 0. The minimum Gasteiger partial charge on any atom is -0.502 e. The molecule has 0 saturated heterocycles. The van der Waals surface area contributed by atoms with Crippen LogP contribution >= 0.6 is 0 Å². The van der Waals surface area contributed by atoms with Crippen LogP contribution in [0, 0.1) is 23.7 Å². The van der Waals surface area contributed by atoms with Crippen LogP contribution in [-0.4, -0.2) is 6.61 Å². The Morgan fingerprint density at radius 3 is 2.12 bits per heavy atom. The van der Waals surface area contributed by atoms with Gasteiger partial charge in [0.2, 0.25) is 0 Å². The van der Waals surface area contributed by atoms with Gasteiger partial charge in [-0.3, -0.25) is 0 Å². The largest absolute Gasteiger partial charge is 0.502 e. The lowest BCUT2D eigenvalue weighted by atomic mass is 9.81. The van der Waals surface area contributed by atoms with Crippen molar-refractivity contribution in [3.8, 4) is 0 Å². The monoisotopic (exact) mass is 240 g/mol. The molecule has 0 heterocycles. The van der Waals surface area contributed by atoms with Gasteiger partial charge < -0.3 is 4.74 Å². The first-order valence-corrected chi connectivity index (χ1v) is 7.27. The van der Waals surface area contributed by atoms with Crippen molar-refractivity contribution in [3.63, 3.8) is 0 Å². The molecule has 0 bridgehead atoms. The Morgan fingerprint density at radius 2 is 1.71 bits per heavy atom. The Bertz CT molecular complexity index is 186. The molecular weight excluding hydrogens is 208 g/mol. The fourth-order valence-electron chi connectivity index (χ4n) is 2.69. The van der Waals surface area contributed by atoms with Gasteiger partial charge in [0, 0.05) is 0 Å². The Morgan fingerprint density at radius 1 is 1.06 bits per heavy atom. The molecule has 1 heteroatoms. The average molecular weight is 240 g/mol. The summed E-state index contributed by atoms with van der Waals surface area (Å²) >= 11 is 0. The van der Waals surface area contributed by atoms with Crippen molar-refractivity contribution >= 4 is 0 Å². The minimum atomic E-state index is 0.675. The molecule has 0 aliphatic heterocycles. The molecule has 3 unspecified atom stereocenters. The predicted molar refractivity (Wildman–Crippen MR) is 76.9 cm³/mol. The van der Waals surface area contributed by atoms with Gasteiger partial charge >= 0.3 is 0 Å². The normalized spacial score (nSPS) is 16.6. The van der Waals surface area contributed by atoms with Crippen LogP contribution in [0.1, 0.15) is 60.3 Å². The van der Waals surface area contributed by atoms with Gasteiger partial charge in [0.05, 0.1) is 12.9 Å². The fraction of sp³-hybridized carbons (Fsp3) is 0.875. The Labute approximate surface area is 109 Å². The van der Waals surface area contributed by atoms with Gasteiger partial charge in [0.1, 0.15) is 0 Å². The first-order valence-electron chi connectivity index (χ1n) is 7.27. The molecule has 0 aliphatic rings. The molecule has 0 radical (unpaired) electrons. The second-order valence-corrected chi connectivity index (χ2v) is 5.79. The van der Waals surface area contributed by atoms with Crippen LogP contribution in [-0.2, 0) is 4.74 Å². The van der Waals surface area contributed by atoms with Crippen LogP contribution in [0.4, 0.5) is 0 Å². The maximum absolute atomic E-state index is 5.37. The Kier molecular flexibility index (Phi) is 9.30. The van der Waals surface area contributed by atoms with E-state index in [1.807, 2.05) is 0 Å². The van der Waals surface area contributed by atoms with E-state index in [1.54, 1.807) is 6.26 Å². The van der Waals surface area contributed by atoms with Crippen molar-refractivity contribution in [1.82, 2.24) is 0 Å². The highest BCUT2D eigenvalue weighted by Gasteiger charge is 2.20. The van der Waals surface area contributed by atoms with Crippen LogP contribution in [0.15, 0.2) is 12.8 Å². The van der Waals surface area contributed by atoms with E-state index in [-0.39, 0.29) is 0 Å². The lowest BCUT2D eigenvalue weighted by Gasteiger charge is -2.27. The van der Waals surface area contributed by atoms with Crippen LogP contribution in [0.3, 0.4) is 0 Å². The van der Waals surface area contributed by atoms with Crippen LogP contribution in [0.25, 0.3) is 0 Å². The number of ether oxygens (including phenoxy) is 1. The summed E-state index contributed by atoms with van der Waals surface area (Å²) < 4.78 is 5.37. The second kappa shape index (κ2) is 9.56. The summed E-state index contributed by atoms with van der Waals surface area (Å²) in [6.45, 7) is 16.1. The smallest absolute Gasteiger partial charge is 0.0903 e. The molecule has 1 nitrogen and oxygen atoms in total. The van der Waals surface area contributed by atoms with E-state index in [1.165, 1.54) is 25.7 Å². The van der Waals surface area contributed by atoms with Gasteiger partial charge in [0.25, 0.3) is 0 Å². The van der Waals surface area contributed by atoms with Gasteiger partial charge in [-0.15, -0.1) is 0 Å². The molecule has 0 aromatic carbocycles. The predicted octanol–water partition coefficient (Wildman–Crippen LogP) is 5.27. The number of hydrogen-bond donors (Lipinski definition) is 0. The van der Waals surface area contributed by atoms with E-state index in [0.717, 1.165) is 24.4 Å². The standard InChI is InChI=1S/C16H32O/c1-7-15(10-13(4)5)11-14(6)16(8-2)12-17-9-3/h9,13-16H,3,7-8,10-12H2,1-2,4-6H3. The zero-order chi connectivity index (χ0) is 13.3. The highest BCUT2D eigenvalue weighted by atomic mass is 16.5. The molecule has 17 heavy (non-hydrogen) atoms. The summed E-state index contributed by atoms with van der Waals surface area (Å²) in [4.78, 5) is 0. The van der Waals surface area contributed by atoms with E-state index < -0.39 is 0 Å². The maximum Gasteiger partial charge on any atom is 0.0903 e. The third-order valence-corrected chi connectivity index (χ3v) is 3.84. The quantitative estimate of drug-likeness (QED) is 0.473. The van der Waals surface area contributed by atoms with Crippen molar-refractivity contribution in [3.05, 3.63) is 12.8 Å². The SMILES string of the molecule is C=COCC(CC)C(C)CC(CC)CC(C)C. The maximum atomic E-state index is 5.37. The van der Waals surface area contributed by atoms with Crippen molar-refractivity contribution in [2.24, 2.45) is 23.7 Å². The number of hydrogen-bond acceptors (Lipinski definition) is 1. The van der Waals surface area contributed by atoms with Gasteiger partial charge in [-0.1, -0.05) is 47.6 Å². The molecule has 0 amide bonds. The van der Waals surface area contributed by atoms with Crippen LogP contribution < -0.4 is 0 Å². The van der Waals surface area contributed by atoms with Gasteiger partial charge in [-0.25, -0.2) is 0 Å². The van der Waals surface area contributed by atoms with Crippen molar-refractivity contribution in [2.75, 3.05) is 6.61 Å². The molecule has 0 aromatic rings. The van der Waals surface area contributed by atoms with Gasteiger partial charge in [0.15, 0.2) is 0 Å². The molecule has 0 aromatic heterocycles. The summed E-state index contributed by atoms with van der Waals surface area (Å²) in [7, 11) is 0. The van der Waals surface area contributed by atoms with Crippen LogP contribution in [0.5, 0.6) is 0 Å². The van der Waals surface area contributed by atoms with E-state index in [9.17, 15) is 0 Å². The molecule has 0 rings (SSSR count). The van der Waals surface area contributed by atoms with Gasteiger partial charge in [-0.2, -0.15) is 0 Å². The minimum absolute atomic E-state index is 0.675. The molecule has 0 saturated carbocycles. The second-order valence-electron chi connectivity index (χ2n) is 5.79. The van der Waals surface area contributed by atoms with Gasteiger partial charge in [-0.05, 0) is 42.9 Å². The van der Waals surface area contributed by atoms with Crippen LogP contribution in [0.2, 0.25) is 0 Å². The third kappa shape index (κ3) is 7.46. The topological polar surface area (TPSA) is 9.23 Å². The molecule has 0 aliphatic carbocycles. The highest BCUT2D eigenvalue weighted by molar-refractivity contribution is 4.71. The first kappa shape index (κ1) is 16.5. The molecule has 3 atom stereocenters. The average Bonchev–Trinajstić information content (AvgIpc) is 2.28. The summed E-state index contributed by atoms with van der Waals surface area (Å²) in [5, 5.41) is 0. The fourth-order valence-corrected chi connectivity index (χ4v) is 2.69. The lowest BCUT2D eigenvalue weighted by molar-refractivity contribution is 0.139. The Hall–Kier alpha value is -0.460. The van der Waals surface area contributed by atoms with E-state index in [0.29, 0.717) is 5.92 Å². The zero-order valence-electron chi connectivity index (χ0n) is 12.5. The summed E-state index contributed by atoms with van der Waals surface area (Å²) in [6, 6.07) is 0. The zero-order valence-corrected chi connectivity index (χ0v) is 12.5. The number of rotatable bonds is 10. The molecule has 0 fully saturated rings. The van der Waals surface area contributed by atoms with Crippen molar-refractivity contribution in [2.45, 2.75) is 60.3 Å². The van der Waals surface area contributed by atoms with Crippen molar-refractivity contribution in [1.29, 1.82) is 0 Å². The van der Waals surface area contributed by atoms with E-state index >= 15 is 0 Å². The lowest BCUT2D eigenvalue weighted by Crippen LogP contribution is -2.20. The highest BCUT2D eigenvalue weighted by Crippen LogP contribution is 2.28. The third-order valence-electron chi connectivity index (χ3n) is 3.84. The first-order chi connectivity index (χ1) is 8.04. The molecule has 0 N–H and O–H groups in total. The summed E-state index contributed by atoms with van der Waals surface area (Å²) in [5.74, 6) is 3.12. The Balaban J connectivity index is 4.15. The molecular formula is C16H32O. The van der Waals surface area contributed by atoms with E-state index in [2.05, 4.69) is 41.2 Å². The van der Waals surface area contributed by atoms with Crippen molar-refractivity contribution < 1.29 is 4.74 Å². The molecule has 0 spiro atoms. The summed E-state index contributed by atoms with van der Waals surface area (Å²) in [6.07, 6.45) is 6.78.